The Morgan fingerprint density at radius 3 is 2.32 bits per heavy atom. The summed E-state index contributed by atoms with van der Waals surface area (Å²) in [5.74, 6) is -0.0475. The van der Waals surface area contributed by atoms with E-state index in [0.717, 1.165) is 45.6 Å². The number of piperazine rings is 1. The first-order valence-corrected chi connectivity index (χ1v) is 10.3. The van der Waals surface area contributed by atoms with Gasteiger partial charge >= 0.3 is 0 Å². The number of sulfonamides is 1. The molecule has 0 aromatic heterocycles. The number of benzene rings is 1. The summed E-state index contributed by atoms with van der Waals surface area (Å²) in [6, 6.07) is 6.45. The van der Waals surface area contributed by atoms with Crippen LogP contribution in [0.3, 0.4) is 0 Å². The van der Waals surface area contributed by atoms with Crippen LogP contribution < -0.4 is 10.6 Å². The van der Waals surface area contributed by atoms with Gasteiger partial charge in [0.05, 0.1) is 4.90 Å². The molecule has 2 saturated heterocycles. The first-order valence-electron chi connectivity index (χ1n) is 8.89. The quantitative estimate of drug-likeness (QED) is 0.775. The third kappa shape index (κ3) is 4.78. The van der Waals surface area contributed by atoms with E-state index in [-0.39, 0.29) is 10.8 Å². The molecule has 1 aromatic rings. The SMILES string of the molecule is O=C(CCN1CCNCC1)Nc1ccc(S(=O)(=O)N2CCCC2)cc1. The fourth-order valence-electron chi connectivity index (χ4n) is 3.21. The number of hydrogen-bond donors (Lipinski definition) is 2. The number of nitrogens with zero attached hydrogens (tertiary/aromatic N) is 2. The second kappa shape index (κ2) is 8.27. The smallest absolute Gasteiger partial charge is 0.243 e. The lowest BCUT2D eigenvalue weighted by Gasteiger charge is -2.26. The number of carbonyl (C=O) groups is 1. The summed E-state index contributed by atoms with van der Waals surface area (Å²) >= 11 is 0. The van der Waals surface area contributed by atoms with Gasteiger partial charge in [-0.2, -0.15) is 4.31 Å². The Kier molecular flexibility index (Phi) is 6.06. The molecule has 7 nitrogen and oxygen atoms in total. The van der Waals surface area contributed by atoms with Crippen molar-refractivity contribution in [1.82, 2.24) is 14.5 Å². The molecule has 2 fully saturated rings. The first kappa shape index (κ1) is 18.3. The maximum absolute atomic E-state index is 12.5. The van der Waals surface area contributed by atoms with Gasteiger partial charge in [-0.3, -0.25) is 4.79 Å². The summed E-state index contributed by atoms with van der Waals surface area (Å²) in [5, 5.41) is 6.13. The minimum atomic E-state index is -3.40. The van der Waals surface area contributed by atoms with Crippen LogP contribution in [0.4, 0.5) is 5.69 Å². The molecule has 3 rings (SSSR count). The van der Waals surface area contributed by atoms with Gasteiger partial charge in [0.1, 0.15) is 0 Å². The molecule has 0 saturated carbocycles. The highest BCUT2D eigenvalue weighted by Gasteiger charge is 2.26. The number of nitrogens with one attached hydrogen (secondary N) is 2. The van der Waals surface area contributed by atoms with Gasteiger partial charge in [-0.15, -0.1) is 0 Å². The molecular formula is C17H26N4O3S. The maximum atomic E-state index is 12.5. The van der Waals surface area contributed by atoms with Gasteiger partial charge in [0.15, 0.2) is 0 Å². The Hall–Kier alpha value is -1.48. The Bertz CT molecular complexity index is 678. The molecule has 0 radical (unpaired) electrons. The monoisotopic (exact) mass is 366 g/mol. The zero-order valence-electron chi connectivity index (χ0n) is 14.4. The van der Waals surface area contributed by atoms with Gasteiger partial charge in [0, 0.05) is 57.9 Å². The van der Waals surface area contributed by atoms with E-state index in [1.165, 1.54) is 4.31 Å². The molecule has 2 aliphatic heterocycles. The van der Waals surface area contributed by atoms with Crippen molar-refractivity contribution in [3.63, 3.8) is 0 Å². The van der Waals surface area contributed by atoms with Crippen molar-refractivity contribution in [2.75, 3.05) is 51.1 Å². The van der Waals surface area contributed by atoms with Crippen LogP contribution in [0.1, 0.15) is 19.3 Å². The van der Waals surface area contributed by atoms with E-state index in [4.69, 9.17) is 0 Å². The van der Waals surface area contributed by atoms with Crippen molar-refractivity contribution in [2.24, 2.45) is 0 Å². The summed E-state index contributed by atoms with van der Waals surface area (Å²) < 4.78 is 26.5. The molecule has 1 aromatic carbocycles. The second-order valence-corrected chi connectivity index (χ2v) is 8.46. The third-order valence-corrected chi connectivity index (χ3v) is 6.62. The lowest BCUT2D eigenvalue weighted by Crippen LogP contribution is -2.44. The van der Waals surface area contributed by atoms with Crippen LogP contribution in [0.25, 0.3) is 0 Å². The standard InChI is InChI=1S/C17H26N4O3S/c22-17(7-12-20-13-8-18-9-14-20)19-15-3-5-16(6-4-15)25(23,24)21-10-1-2-11-21/h3-6,18H,1-2,7-14H2,(H,19,22). The second-order valence-electron chi connectivity index (χ2n) is 6.53. The molecular weight excluding hydrogens is 340 g/mol. The number of amides is 1. The van der Waals surface area contributed by atoms with Crippen LogP contribution >= 0.6 is 0 Å². The molecule has 8 heteroatoms. The van der Waals surface area contributed by atoms with E-state index < -0.39 is 10.0 Å². The Balaban J connectivity index is 1.52. The van der Waals surface area contributed by atoms with E-state index in [9.17, 15) is 13.2 Å². The molecule has 1 amide bonds. The van der Waals surface area contributed by atoms with Crippen molar-refractivity contribution in [3.8, 4) is 0 Å². The fraction of sp³-hybridized carbons (Fsp3) is 0.588. The summed E-state index contributed by atoms with van der Waals surface area (Å²) in [4.78, 5) is 14.6. The van der Waals surface area contributed by atoms with Gasteiger partial charge in [0.25, 0.3) is 0 Å². The number of anilines is 1. The summed E-state index contributed by atoms with van der Waals surface area (Å²) in [7, 11) is -3.40. The average molecular weight is 366 g/mol. The number of hydrogen-bond acceptors (Lipinski definition) is 5. The average Bonchev–Trinajstić information content (AvgIpc) is 3.17. The van der Waals surface area contributed by atoms with Crippen LogP contribution in [0, 0.1) is 0 Å². The Morgan fingerprint density at radius 2 is 1.68 bits per heavy atom. The molecule has 0 atom stereocenters. The van der Waals surface area contributed by atoms with Gasteiger partial charge in [-0.05, 0) is 37.1 Å². The molecule has 2 N–H and O–H groups in total. The summed E-state index contributed by atoms with van der Waals surface area (Å²) in [6.45, 7) is 5.80. The van der Waals surface area contributed by atoms with Crippen molar-refractivity contribution in [1.29, 1.82) is 0 Å². The summed E-state index contributed by atoms with van der Waals surface area (Å²) in [6.07, 6.45) is 2.27. The topological polar surface area (TPSA) is 81.8 Å². The Labute approximate surface area is 149 Å². The van der Waals surface area contributed by atoms with Gasteiger partial charge in [-0.25, -0.2) is 8.42 Å². The normalized spacial score (nSPS) is 19.8. The van der Waals surface area contributed by atoms with Crippen LogP contribution in [-0.4, -0.2) is 69.3 Å². The highest BCUT2D eigenvalue weighted by atomic mass is 32.2. The minimum Gasteiger partial charge on any atom is -0.326 e. The zero-order valence-corrected chi connectivity index (χ0v) is 15.2. The lowest BCUT2D eigenvalue weighted by atomic mass is 10.3. The molecule has 0 unspecified atom stereocenters. The third-order valence-electron chi connectivity index (χ3n) is 4.71. The molecule has 0 aliphatic carbocycles. The van der Waals surface area contributed by atoms with Crippen molar-refractivity contribution >= 4 is 21.6 Å². The number of carbonyl (C=O) groups excluding carboxylic acids is 1. The molecule has 138 valence electrons. The lowest BCUT2D eigenvalue weighted by molar-refractivity contribution is -0.116. The maximum Gasteiger partial charge on any atom is 0.243 e. The van der Waals surface area contributed by atoms with E-state index in [1.54, 1.807) is 24.3 Å². The zero-order chi connectivity index (χ0) is 17.7. The van der Waals surface area contributed by atoms with Crippen LogP contribution in [0.2, 0.25) is 0 Å². The fourth-order valence-corrected chi connectivity index (χ4v) is 4.72. The van der Waals surface area contributed by atoms with Crippen molar-refractivity contribution in [3.05, 3.63) is 24.3 Å². The van der Waals surface area contributed by atoms with Gasteiger partial charge in [-0.1, -0.05) is 0 Å². The highest BCUT2D eigenvalue weighted by molar-refractivity contribution is 7.89. The van der Waals surface area contributed by atoms with Gasteiger partial charge in [0.2, 0.25) is 15.9 Å². The molecule has 0 spiro atoms. The molecule has 2 aliphatic rings. The van der Waals surface area contributed by atoms with Crippen LogP contribution in [0.5, 0.6) is 0 Å². The Morgan fingerprint density at radius 1 is 1.04 bits per heavy atom. The van der Waals surface area contributed by atoms with E-state index in [0.29, 0.717) is 25.2 Å². The molecule has 2 heterocycles. The van der Waals surface area contributed by atoms with Crippen LogP contribution in [-0.2, 0) is 14.8 Å². The van der Waals surface area contributed by atoms with E-state index in [2.05, 4.69) is 15.5 Å². The highest BCUT2D eigenvalue weighted by Crippen LogP contribution is 2.22. The first-order chi connectivity index (χ1) is 12.1. The van der Waals surface area contributed by atoms with Crippen molar-refractivity contribution < 1.29 is 13.2 Å². The number of rotatable bonds is 6. The van der Waals surface area contributed by atoms with E-state index >= 15 is 0 Å². The largest absolute Gasteiger partial charge is 0.326 e. The molecule has 25 heavy (non-hydrogen) atoms. The van der Waals surface area contributed by atoms with Gasteiger partial charge < -0.3 is 15.5 Å². The summed E-state index contributed by atoms with van der Waals surface area (Å²) in [5.41, 5.74) is 0.630. The predicted molar refractivity (Wildman–Crippen MR) is 97.0 cm³/mol. The van der Waals surface area contributed by atoms with E-state index in [1.807, 2.05) is 0 Å². The minimum absolute atomic E-state index is 0.0475. The molecule has 0 bridgehead atoms. The van der Waals surface area contributed by atoms with Crippen molar-refractivity contribution in [2.45, 2.75) is 24.2 Å². The predicted octanol–water partition coefficient (Wildman–Crippen LogP) is 0.705. The van der Waals surface area contributed by atoms with Crippen LogP contribution in [0.15, 0.2) is 29.2 Å².